The van der Waals surface area contributed by atoms with Gasteiger partial charge in [-0.25, -0.2) is 4.39 Å². The molecule has 11 heteroatoms. The number of halogens is 1. The second-order valence-electron chi connectivity index (χ2n) is 5.45. The Morgan fingerprint density at radius 2 is 1.71 bits per heavy atom. The van der Waals surface area contributed by atoms with Gasteiger partial charge in [-0.2, -0.15) is 0 Å². The average Bonchev–Trinajstić information content (AvgIpc) is 3.36. The first-order valence-electron chi connectivity index (χ1n) is 7.88. The molecule has 0 unspecified atom stereocenters. The maximum atomic E-state index is 13.8. The van der Waals surface area contributed by atoms with Crippen molar-refractivity contribution in [2.24, 2.45) is 0 Å². The fourth-order valence-corrected chi connectivity index (χ4v) is 2.89. The Balaban J connectivity index is 1.42. The van der Waals surface area contributed by atoms with Crippen LogP contribution >= 0.6 is 11.8 Å². The van der Waals surface area contributed by atoms with Crippen LogP contribution in [0.5, 0.6) is 0 Å². The zero-order valence-corrected chi connectivity index (χ0v) is 14.8. The molecular formula is C17H10FN5O4S. The first kappa shape index (κ1) is 17.8. The van der Waals surface area contributed by atoms with Gasteiger partial charge in [-0.15, -0.1) is 20.4 Å². The van der Waals surface area contributed by atoms with Crippen LogP contribution in [0.2, 0.25) is 0 Å². The molecule has 2 heterocycles. The molecule has 0 fully saturated rings. The van der Waals surface area contributed by atoms with Crippen LogP contribution in [0.4, 0.5) is 10.1 Å². The summed E-state index contributed by atoms with van der Waals surface area (Å²) in [6.45, 7) is 0. The van der Waals surface area contributed by atoms with Crippen molar-refractivity contribution in [3.8, 4) is 22.9 Å². The lowest BCUT2D eigenvalue weighted by Crippen LogP contribution is -1.87. The van der Waals surface area contributed by atoms with E-state index in [2.05, 4.69) is 20.4 Å². The van der Waals surface area contributed by atoms with Crippen LogP contribution in [-0.4, -0.2) is 25.3 Å². The van der Waals surface area contributed by atoms with Crippen molar-refractivity contribution in [1.29, 1.82) is 0 Å². The summed E-state index contributed by atoms with van der Waals surface area (Å²) in [6.07, 6.45) is 0. The summed E-state index contributed by atoms with van der Waals surface area (Å²) in [7, 11) is 0. The minimum atomic E-state index is -0.486. The number of aromatic nitrogens is 4. The van der Waals surface area contributed by atoms with Gasteiger partial charge in [0.15, 0.2) is 0 Å². The lowest BCUT2D eigenvalue weighted by molar-refractivity contribution is -0.384. The quantitative estimate of drug-likeness (QED) is 0.268. The molecule has 4 aromatic rings. The highest BCUT2D eigenvalue weighted by Crippen LogP contribution is 2.28. The number of nitro groups is 1. The third-order valence-corrected chi connectivity index (χ3v) is 4.42. The maximum absolute atomic E-state index is 13.8. The van der Waals surface area contributed by atoms with Crippen LogP contribution in [0, 0.1) is 15.9 Å². The average molecular weight is 399 g/mol. The van der Waals surface area contributed by atoms with Crippen molar-refractivity contribution in [3.05, 3.63) is 70.4 Å². The number of rotatable bonds is 6. The largest absolute Gasteiger partial charge is 0.420 e. The van der Waals surface area contributed by atoms with Crippen molar-refractivity contribution in [2.45, 2.75) is 11.0 Å². The molecule has 0 spiro atoms. The van der Waals surface area contributed by atoms with Gasteiger partial charge in [0.1, 0.15) is 5.82 Å². The first-order valence-corrected chi connectivity index (χ1v) is 8.87. The van der Waals surface area contributed by atoms with E-state index in [4.69, 9.17) is 8.83 Å². The van der Waals surface area contributed by atoms with Gasteiger partial charge in [0.2, 0.25) is 11.8 Å². The van der Waals surface area contributed by atoms with E-state index >= 15 is 0 Å². The Labute approximate surface area is 160 Å². The molecule has 9 nitrogen and oxygen atoms in total. The third kappa shape index (κ3) is 3.74. The number of hydrogen-bond donors (Lipinski definition) is 0. The Kier molecular flexibility index (Phi) is 4.81. The molecule has 0 radical (unpaired) electrons. The molecular weight excluding hydrogens is 389 g/mol. The lowest BCUT2D eigenvalue weighted by atomic mass is 10.2. The highest BCUT2D eigenvalue weighted by Gasteiger charge is 2.15. The van der Waals surface area contributed by atoms with Gasteiger partial charge >= 0.3 is 0 Å². The zero-order valence-electron chi connectivity index (χ0n) is 14.0. The number of nitrogens with zero attached hydrogens (tertiary/aromatic N) is 5. The molecule has 140 valence electrons. The maximum Gasteiger partial charge on any atom is 0.277 e. The number of hydrogen-bond acceptors (Lipinski definition) is 9. The number of nitro benzene ring substituents is 1. The second-order valence-corrected chi connectivity index (χ2v) is 6.37. The smallest absolute Gasteiger partial charge is 0.277 e. The van der Waals surface area contributed by atoms with Gasteiger partial charge in [0.25, 0.3) is 16.8 Å². The summed E-state index contributed by atoms with van der Waals surface area (Å²) in [5.41, 5.74) is 0.759. The topological polar surface area (TPSA) is 121 Å². The summed E-state index contributed by atoms with van der Waals surface area (Å²) >= 11 is 1.16. The molecule has 2 aromatic heterocycles. The van der Waals surface area contributed by atoms with E-state index in [-0.39, 0.29) is 34.0 Å². The van der Waals surface area contributed by atoms with Crippen LogP contribution in [0.15, 0.2) is 62.6 Å². The van der Waals surface area contributed by atoms with E-state index in [0.717, 1.165) is 11.8 Å². The Morgan fingerprint density at radius 3 is 2.46 bits per heavy atom. The summed E-state index contributed by atoms with van der Waals surface area (Å²) < 4.78 is 24.7. The monoisotopic (exact) mass is 399 g/mol. The van der Waals surface area contributed by atoms with Gasteiger partial charge in [-0.1, -0.05) is 23.9 Å². The Bertz CT molecular complexity index is 1130. The van der Waals surface area contributed by atoms with Crippen molar-refractivity contribution in [1.82, 2.24) is 20.4 Å². The predicted octanol–water partition coefficient (Wildman–Crippen LogP) is 4.13. The van der Waals surface area contributed by atoms with E-state index in [9.17, 15) is 14.5 Å². The van der Waals surface area contributed by atoms with Crippen molar-refractivity contribution in [2.75, 3.05) is 0 Å². The van der Waals surface area contributed by atoms with E-state index < -0.39 is 10.7 Å². The number of benzene rings is 2. The minimum Gasteiger partial charge on any atom is -0.420 e. The number of non-ortho nitro benzene ring substituents is 1. The summed E-state index contributed by atoms with van der Waals surface area (Å²) in [6, 6.07) is 11.9. The van der Waals surface area contributed by atoms with E-state index in [1.807, 2.05) is 0 Å². The normalized spacial score (nSPS) is 10.9. The van der Waals surface area contributed by atoms with Gasteiger partial charge in [0.05, 0.1) is 16.2 Å². The lowest BCUT2D eigenvalue weighted by Gasteiger charge is -1.95. The van der Waals surface area contributed by atoms with Crippen molar-refractivity contribution in [3.63, 3.8) is 0 Å². The molecule has 2 aromatic carbocycles. The van der Waals surface area contributed by atoms with Crippen LogP contribution in [-0.2, 0) is 5.75 Å². The summed E-state index contributed by atoms with van der Waals surface area (Å²) in [5.74, 6) is 0.441. The van der Waals surface area contributed by atoms with Crippen LogP contribution in [0.1, 0.15) is 5.89 Å². The van der Waals surface area contributed by atoms with Gasteiger partial charge in [0, 0.05) is 17.7 Å². The first-order chi connectivity index (χ1) is 13.6. The molecule has 0 aliphatic heterocycles. The highest BCUT2D eigenvalue weighted by molar-refractivity contribution is 7.98. The van der Waals surface area contributed by atoms with E-state index in [1.165, 1.54) is 30.3 Å². The molecule has 0 saturated heterocycles. The van der Waals surface area contributed by atoms with Crippen molar-refractivity contribution < 1.29 is 18.1 Å². The molecule has 0 atom stereocenters. The van der Waals surface area contributed by atoms with Crippen molar-refractivity contribution >= 4 is 17.4 Å². The van der Waals surface area contributed by atoms with Crippen LogP contribution < -0.4 is 0 Å². The molecule has 0 aliphatic carbocycles. The molecule has 0 N–H and O–H groups in total. The van der Waals surface area contributed by atoms with Crippen LogP contribution in [0.3, 0.4) is 0 Å². The van der Waals surface area contributed by atoms with Gasteiger partial charge in [-0.05, 0) is 24.3 Å². The fourth-order valence-electron chi connectivity index (χ4n) is 2.29. The fraction of sp³-hybridized carbons (Fsp3) is 0.0588. The molecule has 28 heavy (non-hydrogen) atoms. The SMILES string of the molecule is O=[N+]([O-])c1ccc(-c2nnc(CSc3nnc(-c4ccccc4F)o3)o2)cc1. The van der Waals surface area contributed by atoms with Crippen LogP contribution in [0.25, 0.3) is 22.9 Å². The third-order valence-electron chi connectivity index (χ3n) is 3.62. The Hall–Kier alpha value is -3.60. The predicted molar refractivity (Wildman–Crippen MR) is 95.6 cm³/mol. The van der Waals surface area contributed by atoms with Gasteiger partial charge < -0.3 is 8.83 Å². The summed E-state index contributed by atoms with van der Waals surface area (Å²) in [4.78, 5) is 10.2. The molecule has 0 amide bonds. The molecule has 4 rings (SSSR count). The number of thioether (sulfide) groups is 1. The highest BCUT2D eigenvalue weighted by atomic mass is 32.2. The zero-order chi connectivity index (χ0) is 19.5. The standard InChI is InChI=1S/C17H10FN5O4S/c18-13-4-2-1-3-12(13)16-21-22-17(27-16)28-9-14-19-20-15(26-14)10-5-7-11(8-6-10)23(24)25/h1-8H,9H2. The van der Waals surface area contributed by atoms with E-state index in [1.54, 1.807) is 18.2 Å². The Morgan fingerprint density at radius 1 is 0.964 bits per heavy atom. The summed E-state index contributed by atoms with van der Waals surface area (Å²) in [5, 5.41) is 26.5. The van der Waals surface area contributed by atoms with E-state index in [0.29, 0.717) is 11.5 Å². The van der Waals surface area contributed by atoms with Gasteiger partial charge in [-0.3, -0.25) is 10.1 Å². The molecule has 0 aliphatic rings. The molecule has 0 saturated carbocycles. The second kappa shape index (κ2) is 7.56. The minimum absolute atomic E-state index is 0.0268. The molecule has 0 bridgehead atoms.